The van der Waals surface area contributed by atoms with Crippen molar-refractivity contribution in [2.45, 2.75) is 38.5 Å². The molecule has 0 unspecified atom stereocenters. The number of phosphoric ester groups is 1. The van der Waals surface area contributed by atoms with Crippen LogP contribution in [0.5, 0.6) is 5.75 Å². The molecule has 1 heterocycles. The van der Waals surface area contributed by atoms with Crippen molar-refractivity contribution in [2.24, 2.45) is 0 Å². The molecule has 0 aliphatic carbocycles. The molecule has 0 saturated heterocycles. The van der Waals surface area contributed by atoms with Gasteiger partial charge in [-0.1, -0.05) is 23.7 Å². The van der Waals surface area contributed by atoms with Gasteiger partial charge in [0.25, 0.3) is 5.91 Å². The second-order valence-electron chi connectivity index (χ2n) is 7.46. The lowest BCUT2D eigenvalue weighted by molar-refractivity contribution is -0.0597. The molecule has 2 aromatic rings. The summed E-state index contributed by atoms with van der Waals surface area (Å²) in [7, 11) is -4.94. The van der Waals surface area contributed by atoms with Gasteiger partial charge in [-0.25, -0.2) is 4.57 Å². The molecule has 1 aliphatic heterocycles. The molecule has 0 spiro atoms. The lowest BCUT2D eigenvalue weighted by Crippen LogP contribution is -2.54. The highest BCUT2D eigenvalue weighted by Crippen LogP contribution is 2.49. The summed E-state index contributed by atoms with van der Waals surface area (Å²) in [4.78, 5) is 43.7. The monoisotopic (exact) mass is 453 g/mol. The predicted molar refractivity (Wildman–Crippen MR) is 110 cm³/mol. The maximum absolute atomic E-state index is 12.9. The molecule has 0 fully saturated rings. The number of carbonyl (C=O) groups excluding carboxylic acids is 2. The third-order valence-electron chi connectivity index (χ3n) is 4.77. The van der Waals surface area contributed by atoms with E-state index in [0.29, 0.717) is 16.9 Å². The number of carbonyl (C=O) groups is 2. The molecule has 0 bridgehead atoms. The normalized spacial score (nSPS) is 20.1. The van der Waals surface area contributed by atoms with Gasteiger partial charge in [0, 0.05) is 11.1 Å². The van der Waals surface area contributed by atoms with Gasteiger partial charge in [0.15, 0.2) is 5.78 Å². The average Bonchev–Trinajstić information content (AvgIpc) is 2.63. The standard InChI is InChI=1S/C20H21ClNO7P/c1-11(23)12-8-9-16-14(10-12)17(18(20(2,3)28-16)29-30(25,26)27)22-19(24)13-6-4-5-7-15(13)21/h4-10,17-18H,1-3H3,(H,22,24)(H2,25,26,27)/t17-,18+/m0/s1. The van der Waals surface area contributed by atoms with Crippen LogP contribution >= 0.6 is 19.4 Å². The number of fused-ring (bicyclic) bond motifs is 1. The van der Waals surface area contributed by atoms with Crippen LogP contribution in [-0.2, 0) is 9.09 Å². The zero-order valence-electron chi connectivity index (χ0n) is 16.5. The van der Waals surface area contributed by atoms with Crippen LogP contribution in [0.4, 0.5) is 0 Å². The first-order valence-electron chi connectivity index (χ1n) is 9.02. The largest absolute Gasteiger partial charge is 0.485 e. The third kappa shape index (κ3) is 4.74. The lowest BCUT2D eigenvalue weighted by atomic mass is 9.85. The molecule has 10 heteroatoms. The molecule has 1 amide bonds. The number of nitrogens with one attached hydrogen (secondary N) is 1. The minimum absolute atomic E-state index is 0.183. The van der Waals surface area contributed by atoms with Crippen molar-refractivity contribution in [3.05, 3.63) is 64.2 Å². The average molecular weight is 454 g/mol. The Balaban J connectivity index is 2.11. The Hall–Kier alpha value is -2.22. The Labute approximate surface area is 178 Å². The van der Waals surface area contributed by atoms with E-state index in [4.69, 9.17) is 20.9 Å². The number of benzene rings is 2. The highest BCUT2D eigenvalue weighted by atomic mass is 35.5. The van der Waals surface area contributed by atoms with Crippen molar-refractivity contribution in [1.29, 1.82) is 0 Å². The van der Waals surface area contributed by atoms with Crippen LogP contribution in [0.2, 0.25) is 5.02 Å². The summed E-state index contributed by atoms with van der Waals surface area (Å²) in [5.41, 5.74) is -0.322. The number of ether oxygens (including phenoxy) is 1. The van der Waals surface area contributed by atoms with Crippen molar-refractivity contribution in [3.63, 3.8) is 0 Å². The fourth-order valence-corrected chi connectivity index (χ4v) is 4.26. The van der Waals surface area contributed by atoms with Crippen LogP contribution in [0, 0.1) is 0 Å². The van der Waals surface area contributed by atoms with Gasteiger partial charge in [0.05, 0.1) is 16.6 Å². The Morgan fingerprint density at radius 3 is 2.47 bits per heavy atom. The maximum Gasteiger partial charge on any atom is 0.470 e. The zero-order valence-corrected chi connectivity index (χ0v) is 18.1. The highest BCUT2D eigenvalue weighted by molar-refractivity contribution is 7.46. The fraction of sp³-hybridized carbons (Fsp3) is 0.300. The number of halogens is 1. The van der Waals surface area contributed by atoms with Crippen LogP contribution in [0.15, 0.2) is 42.5 Å². The van der Waals surface area contributed by atoms with Gasteiger partial charge in [-0.15, -0.1) is 0 Å². The van der Waals surface area contributed by atoms with E-state index in [1.54, 1.807) is 44.2 Å². The Kier molecular flexibility index (Phi) is 6.09. The third-order valence-corrected chi connectivity index (χ3v) is 5.60. The predicted octanol–water partition coefficient (Wildman–Crippen LogP) is 3.66. The summed E-state index contributed by atoms with van der Waals surface area (Å²) in [6.45, 7) is 4.56. The maximum atomic E-state index is 12.9. The molecule has 2 aromatic carbocycles. The Morgan fingerprint density at radius 1 is 1.20 bits per heavy atom. The molecule has 30 heavy (non-hydrogen) atoms. The van der Waals surface area contributed by atoms with E-state index in [2.05, 4.69) is 5.32 Å². The summed E-state index contributed by atoms with van der Waals surface area (Å²) < 4.78 is 22.6. The van der Waals surface area contributed by atoms with Gasteiger partial charge < -0.3 is 19.8 Å². The number of hydrogen-bond acceptors (Lipinski definition) is 5. The first kappa shape index (κ1) is 22.5. The summed E-state index contributed by atoms with van der Waals surface area (Å²) >= 11 is 6.12. The first-order chi connectivity index (χ1) is 13.9. The Morgan fingerprint density at radius 2 is 1.87 bits per heavy atom. The van der Waals surface area contributed by atoms with Gasteiger partial charge in [-0.05, 0) is 51.1 Å². The van der Waals surface area contributed by atoms with Gasteiger partial charge in [0.2, 0.25) is 0 Å². The number of hydrogen-bond donors (Lipinski definition) is 3. The summed E-state index contributed by atoms with van der Waals surface area (Å²) in [6, 6.07) is 10.0. The van der Waals surface area contributed by atoms with Crippen molar-refractivity contribution < 1.29 is 33.2 Å². The zero-order chi connectivity index (χ0) is 22.3. The highest BCUT2D eigenvalue weighted by Gasteiger charge is 2.48. The van der Waals surface area contributed by atoms with Gasteiger partial charge in [-0.2, -0.15) is 0 Å². The summed E-state index contributed by atoms with van der Waals surface area (Å²) in [6.07, 6.45) is -1.26. The van der Waals surface area contributed by atoms with Crippen LogP contribution in [0.25, 0.3) is 0 Å². The minimum Gasteiger partial charge on any atom is -0.485 e. The van der Waals surface area contributed by atoms with Crippen LogP contribution in [0.3, 0.4) is 0 Å². The van der Waals surface area contributed by atoms with Crippen molar-refractivity contribution >= 4 is 31.1 Å². The first-order valence-corrected chi connectivity index (χ1v) is 10.9. The molecule has 0 aromatic heterocycles. The molecule has 3 N–H and O–H groups in total. The molecule has 160 valence electrons. The molecule has 1 aliphatic rings. The molecular weight excluding hydrogens is 433 g/mol. The van der Waals surface area contributed by atoms with Crippen molar-refractivity contribution in [3.8, 4) is 5.75 Å². The number of ketones is 1. The topological polar surface area (TPSA) is 122 Å². The molecule has 0 radical (unpaired) electrons. The summed E-state index contributed by atoms with van der Waals surface area (Å²) in [5.74, 6) is -0.423. The second-order valence-corrected chi connectivity index (χ2v) is 9.06. The van der Waals surface area contributed by atoms with Gasteiger partial charge in [0.1, 0.15) is 17.5 Å². The summed E-state index contributed by atoms with van der Waals surface area (Å²) in [5, 5.41) is 2.96. The Bertz CT molecular complexity index is 1050. The molecule has 2 atom stereocenters. The number of phosphoric acid groups is 1. The van der Waals surface area contributed by atoms with E-state index in [-0.39, 0.29) is 16.4 Å². The number of rotatable bonds is 5. The number of Topliss-reactive ketones (excluding diaryl/α,β-unsaturated/α-hetero) is 1. The van der Waals surface area contributed by atoms with E-state index in [1.165, 1.54) is 19.1 Å². The van der Waals surface area contributed by atoms with E-state index < -0.39 is 31.5 Å². The van der Waals surface area contributed by atoms with Crippen molar-refractivity contribution in [2.75, 3.05) is 0 Å². The smallest absolute Gasteiger partial charge is 0.470 e. The fourth-order valence-electron chi connectivity index (χ4n) is 3.36. The lowest BCUT2D eigenvalue weighted by Gasteiger charge is -2.44. The van der Waals surface area contributed by atoms with Crippen LogP contribution in [0.1, 0.15) is 53.1 Å². The molecule has 3 rings (SSSR count). The van der Waals surface area contributed by atoms with Crippen LogP contribution in [-0.4, -0.2) is 33.2 Å². The van der Waals surface area contributed by atoms with Crippen molar-refractivity contribution in [1.82, 2.24) is 5.32 Å². The molecule has 8 nitrogen and oxygen atoms in total. The van der Waals surface area contributed by atoms with E-state index in [0.717, 1.165) is 0 Å². The van der Waals surface area contributed by atoms with E-state index >= 15 is 0 Å². The minimum atomic E-state index is -4.94. The second kappa shape index (κ2) is 8.13. The van der Waals surface area contributed by atoms with Crippen LogP contribution < -0.4 is 10.1 Å². The van der Waals surface area contributed by atoms with Gasteiger partial charge >= 0.3 is 7.82 Å². The van der Waals surface area contributed by atoms with E-state index in [1.807, 2.05) is 0 Å². The SMILES string of the molecule is CC(=O)c1ccc2c(c1)[C@H](NC(=O)c1ccccc1Cl)[C@@H](OP(=O)(O)O)C(C)(C)O2. The number of amides is 1. The quantitative estimate of drug-likeness (QED) is 0.466. The molecular formula is C20H21ClNO7P. The van der Waals surface area contributed by atoms with E-state index in [9.17, 15) is 23.9 Å². The molecule has 0 saturated carbocycles. The van der Waals surface area contributed by atoms with Gasteiger partial charge in [-0.3, -0.25) is 14.1 Å².